The number of hydrogen-bond acceptors (Lipinski definition) is 4. The molecule has 1 aromatic carbocycles. The molecule has 0 saturated carbocycles. The molecule has 5 heteroatoms. The monoisotopic (exact) mass is 274 g/mol. The van der Waals surface area contributed by atoms with E-state index in [1.807, 2.05) is 22.9 Å². The lowest BCUT2D eigenvalue weighted by atomic mass is 9.88. The molecule has 1 aliphatic rings. The molecule has 0 aliphatic carbocycles. The van der Waals surface area contributed by atoms with Crippen LogP contribution in [0.5, 0.6) is 0 Å². The van der Waals surface area contributed by atoms with E-state index in [9.17, 15) is 0 Å². The van der Waals surface area contributed by atoms with Crippen molar-refractivity contribution in [3.8, 4) is 11.4 Å². The lowest BCUT2D eigenvalue weighted by Crippen LogP contribution is -2.43. The van der Waals surface area contributed by atoms with E-state index < -0.39 is 0 Å². The van der Waals surface area contributed by atoms with Crippen molar-refractivity contribution in [3.05, 3.63) is 30.3 Å². The molecule has 0 spiro atoms. The first-order valence-corrected chi connectivity index (χ1v) is 7.44. The molecule has 3 rings (SSSR count). The number of aromatic nitrogens is 3. The summed E-state index contributed by atoms with van der Waals surface area (Å²) < 4.78 is 2.03. The van der Waals surface area contributed by atoms with Gasteiger partial charge in [-0.15, -0.1) is 10.2 Å². The van der Waals surface area contributed by atoms with Crippen LogP contribution >= 0.6 is 11.8 Å². The Morgan fingerprint density at radius 3 is 2.63 bits per heavy atom. The molecule has 4 nitrogen and oxygen atoms in total. The molecule has 2 aromatic rings. The summed E-state index contributed by atoms with van der Waals surface area (Å²) >= 11 is 1.77. The molecule has 2 heterocycles. The highest BCUT2D eigenvalue weighted by molar-refractivity contribution is 7.99. The maximum absolute atomic E-state index is 4.31. The van der Waals surface area contributed by atoms with E-state index in [0.29, 0.717) is 6.04 Å². The Labute approximate surface area is 117 Å². The number of hydrogen-bond donors (Lipinski definition) is 1. The maximum Gasteiger partial charge on any atom is 0.210 e. The summed E-state index contributed by atoms with van der Waals surface area (Å²) in [5.74, 6) is 1.91. The van der Waals surface area contributed by atoms with Crippen molar-refractivity contribution < 1.29 is 0 Å². The average molecular weight is 274 g/mol. The van der Waals surface area contributed by atoms with Gasteiger partial charge in [0.15, 0.2) is 5.82 Å². The Bertz CT molecular complexity index is 571. The largest absolute Gasteiger partial charge is 0.318 e. The van der Waals surface area contributed by atoms with Crippen molar-refractivity contribution in [2.75, 3.05) is 11.2 Å². The van der Waals surface area contributed by atoms with Crippen LogP contribution in [0.4, 0.5) is 0 Å². The van der Waals surface area contributed by atoms with E-state index in [1.54, 1.807) is 11.8 Å². The quantitative estimate of drug-likeness (QED) is 0.868. The van der Waals surface area contributed by atoms with E-state index in [4.69, 9.17) is 0 Å². The van der Waals surface area contributed by atoms with Gasteiger partial charge in [0.2, 0.25) is 5.16 Å². The third-order valence-corrected chi connectivity index (χ3v) is 4.40. The van der Waals surface area contributed by atoms with Crippen molar-refractivity contribution in [2.24, 2.45) is 5.41 Å². The molecule has 0 saturated heterocycles. The Morgan fingerprint density at radius 1 is 1.21 bits per heavy atom. The standard InChI is InChI=1S/C14H18N4S/c1-14(2,3)11-9-19-13-16-15-12(18(13)17-11)10-7-5-4-6-8-10/h4-8,11,17H,9H2,1-3H3. The van der Waals surface area contributed by atoms with E-state index in [1.165, 1.54) is 0 Å². The van der Waals surface area contributed by atoms with Gasteiger partial charge in [-0.1, -0.05) is 62.9 Å². The van der Waals surface area contributed by atoms with Gasteiger partial charge in [0.25, 0.3) is 0 Å². The highest BCUT2D eigenvalue weighted by Crippen LogP contribution is 2.32. The second kappa shape index (κ2) is 4.56. The fraction of sp³-hybridized carbons (Fsp3) is 0.429. The Kier molecular flexibility index (Phi) is 3.01. The second-order valence-electron chi connectivity index (χ2n) is 5.87. The van der Waals surface area contributed by atoms with Crippen LogP contribution in [0, 0.1) is 5.41 Å². The van der Waals surface area contributed by atoms with Crippen LogP contribution in [-0.2, 0) is 0 Å². The van der Waals surface area contributed by atoms with Gasteiger partial charge in [0, 0.05) is 11.3 Å². The van der Waals surface area contributed by atoms with E-state index in [-0.39, 0.29) is 5.41 Å². The fourth-order valence-electron chi connectivity index (χ4n) is 2.05. The molecule has 0 radical (unpaired) electrons. The summed E-state index contributed by atoms with van der Waals surface area (Å²) in [7, 11) is 0. The SMILES string of the molecule is CC(C)(C)C1CSc2nnc(-c3ccccc3)n2N1. The predicted molar refractivity (Wildman–Crippen MR) is 78.8 cm³/mol. The Morgan fingerprint density at radius 2 is 1.95 bits per heavy atom. The van der Waals surface area contributed by atoms with Gasteiger partial charge in [0.1, 0.15) is 0 Å². The number of rotatable bonds is 1. The van der Waals surface area contributed by atoms with E-state index in [2.05, 4.69) is 48.5 Å². The first kappa shape index (κ1) is 12.5. The number of fused-ring (bicyclic) bond motifs is 1. The van der Waals surface area contributed by atoms with Crippen LogP contribution in [0.15, 0.2) is 35.5 Å². The van der Waals surface area contributed by atoms with Gasteiger partial charge in [-0.3, -0.25) is 0 Å². The Balaban J connectivity index is 1.98. The van der Waals surface area contributed by atoms with Gasteiger partial charge >= 0.3 is 0 Å². The molecular weight excluding hydrogens is 256 g/mol. The zero-order valence-corrected chi connectivity index (χ0v) is 12.2. The summed E-state index contributed by atoms with van der Waals surface area (Å²) in [6.07, 6.45) is 0. The summed E-state index contributed by atoms with van der Waals surface area (Å²) in [5, 5.41) is 9.52. The van der Waals surface area contributed by atoms with Crippen LogP contribution in [0.2, 0.25) is 0 Å². The van der Waals surface area contributed by atoms with Crippen molar-refractivity contribution in [3.63, 3.8) is 0 Å². The normalized spacial score (nSPS) is 18.8. The van der Waals surface area contributed by atoms with E-state index >= 15 is 0 Å². The molecule has 0 amide bonds. The molecule has 1 unspecified atom stereocenters. The van der Waals surface area contributed by atoms with Crippen LogP contribution < -0.4 is 5.43 Å². The highest BCUT2D eigenvalue weighted by atomic mass is 32.2. The molecule has 1 N–H and O–H groups in total. The van der Waals surface area contributed by atoms with Gasteiger partial charge in [0.05, 0.1) is 6.04 Å². The molecule has 100 valence electrons. The molecule has 0 bridgehead atoms. The smallest absolute Gasteiger partial charge is 0.210 e. The van der Waals surface area contributed by atoms with Crippen LogP contribution in [0.25, 0.3) is 11.4 Å². The summed E-state index contributed by atoms with van der Waals surface area (Å²) in [5.41, 5.74) is 4.85. The second-order valence-corrected chi connectivity index (χ2v) is 6.85. The van der Waals surface area contributed by atoms with Crippen molar-refractivity contribution in [1.82, 2.24) is 14.9 Å². The fourth-order valence-corrected chi connectivity index (χ4v) is 3.31. The average Bonchev–Trinajstić information content (AvgIpc) is 2.81. The summed E-state index contributed by atoms with van der Waals surface area (Å²) in [4.78, 5) is 0. The lowest BCUT2D eigenvalue weighted by molar-refractivity contribution is 0.337. The minimum Gasteiger partial charge on any atom is -0.318 e. The zero-order chi connectivity index (χ0) is 13.5. The number of nitrogens with zero attached hydrogens (tertiary/aromatic N) is 3. The van der Waals surface area contributed by atoms with Gasteiger partial charge in [-0.2, -0.15) is 0 Å². The van der Waals surface area contributed by atoms with Crippen LogP contribution in [0.3, 0.4) is 0 Å². The molecule has 1 aromatic heterocycles. The third-order valence-electron chi connectivity index (χ3n) is 3.37. The number of thioether (sulfide) groups is 1. The predicted octanol–water partition coefficient (Wildman–Crippen LogP) is 3.01. The van der Waals surface area contributed by atoms with Crippen LogP contribution in [-0.4, -0.2) is 26.7 Å². The minimum atomic E-state index is 0.211. The maximum atomic E-state index is 4.31. The van der Waals surface area contributed by atoms with Crippen molar-refractivity contribution >= 4 is 11.8 Å². The number of benzene rings is 1. The molecule has 1 aliphatic heterocycles. The molecule has 0 fully saturated rings. The molecule has 1 atom stereocenters. The number of nitrogens with one attached hydrogen (secondary N) is 1. The van der Waals surface area contributed by atoms with Gasteiger partial charge < -0.3 is 5.43 Å². The van der Waals surface area contributed by atoms with Crippen molar-refractivity contribution in [1.29, 1.82) is 0 Å². The summed E-state index contributed by atoms with van der Waals surface area (Å²) in [6.45, 7) is 6.76. The van der Waals surface area contributed by atoms with E-state index in [0.717, 1.165) is 22.3 Å². The van der Waals surface area contributed by atoms with Crippen molar-refractivity contribution in [2.45, 2.75) is 32.0 Å². The third kappa shape index (κ3) is 2.34. The molecule has 19 heavy (non-hydrogen) atoms. The highest BCUT2D eigenvalue weighted by Gasteiger charge is 2.31. The zero-order valence-electron chi connectivity index (χ0n) is 11.4. The lowest BCUT2D eigenvalue weighted by Gasteiger charge is -2.35. The first-order valence-electron chi connectivity index (χ1n) is 6.46. The van der Waals surface area contributed by atoms with Crippen LogP contribution in [0.1, 0.15) is 20.8 Å². The first-order chi connectivity index (χ1) is 9.05. The Hall–Kier alpha value is -1.49. The topological polar surface area (TPSA) is 42.7 Å². The van der Waals surface area contributed by atoms with Gasteiger partial charge in [-0.25, -0.2) is 4.68 Å². The minimum absolute atomic E-state index is 0.211. The van der Waals surface area contributed by atoms with Gasteiger partial charge in [-0.05, 0) is 5.41 Å². The molecular formula is C14H18N4S. The summed E-state index contributed by atoms with van der Waals surface area (Å²) in [6, 6.07) is 10.6.